The Kier molecular flexibility index (Phi) is 4.65. The van der Waals surface area contributed by atoms with Crippen LogP contribution in [0.15, 0.2) is 52.7 Å². The summed E-state index contributed by atoms with van der Waals surface area (Å²) in [6.45, 7) is 5.52. The molecule has 0 atom stereocenters. The van der Waals surface area contributed by atoms with E-state index in [0.717, 1.165) is 0 Å². The molecule has 1 aromatic carbocycles. The molecule has 0 aliphatic heterocycles. The van der Waals surface area contributed by atoms with Gasteiger partial charge < -0.3 is 4.84 Å². The van der Waals surface area contributed by atoms with Crippen LogP contribution in [0.5, 0.6) is 0 Å². The molecule has 1 aromatic rings. The second-order valence-corrected chi connectivity index (χ2v) is 5.31. The Balaban J connectivity index is 2.18. The Morgan fingerprint density at radius 1 is 1.18 bits per heavy atom. The molecule has 0 saturated carbocycles. The maximum Gasteiger partial charge on any atom is 0.365 e. The fourth-order valence-corrected chi connectivity index (χ4v) is 1.97. The third kappa shape index (κ3) is 3.55. The highest BCUT2D eigenvalue weighted by molar-refractivity contribution is 6.21. The van der Waals surface area contributed by atoms with E-state index < -0.39 is 11.8 Å². The minimum atomic E-state index is -0.684. The number of carbonyl (C=O) groups excluding carboxylic acids is 2. The quantitative estimate of drug-likeness (QED) is 0.488. The average molecular weight is 301 g/mol. The molecule has 0 aromatic heterocycles. The van der Waals surface area contributed by atoms with Crippen molar-refractivity contribution >= 4 is 17.5 Å². The highest BCUT2D eigenvalue weighted by Gasteiger charge is 2.19. The van der Waals surface area contributed by atoms with Crippen LogP contribution in [-0.2, 0) is 9.63 Å². The first-order valence-electron chi connectivity index (χ1n) is 6.88. The van der Waals surface area contributed by atoms with Crippen LogP contribution >= 0.6 is 0 Å². The molecule has 1 aliphatic rings. The highest BCUT2D eigenvalue weighted by Crippen LogP contribution is 2.19. The van der Waals surface area contributed by atoms with E-state index in [1.54, 1.807) is 13.0 Å². The molecule has 22 heavy (non-hydrogen) atoms. The van der Waals surface area contributed by atoms with Crippen LogP contribution in [0, 0.1) is 11.7 Å². The standard InChI is InChI=1S/C17H16FNO3/c1-10(2)14-9-15(11(3)8-16(14)20)19-22-17(21)12-4-6-13(18)7-5-12/h4-10H,1-3H3/b19-15-. The number of halogens is 1. The van der Waals surface area contributed by atoms with Gasteiger partial charge in [0, 0.05) is 5.57 Å². The number of rotatable bonds is 3. The van der Waals surface area contributed by atoms with Crippen molar-refractivity contribution in [3.8, 4) is 0 Å². The number of nitrogens with zero attached hydrogens (tertiary/aromatic N) is 1. The summed E-state index contributed by atoms with van der Waals surface area (Å²) in [5.74, 6) is -1.13. The SMILES string of the molecule is CC1=CC(=O)C(C(C)C)=C/C1=N/OC(=O)c1ccc(F)cc1. The molecular weight excluding hydrogens is 285 g/mol. The van der Waals surface area contributed by atoms with Gasteiger partial charge in [-0.1, -0.05) is 19.0 Å². The van der Waals surface area contributed by atoms with E-state index in [1.165, 1.54) is 30.3 Å². The van der Waals surface area contributed by atoms with Gasteiger partial charge in [-0.3, -0.25) is 4.79 Å². The van der Waals surface area contributed by atoms with Crippen LogP contribution in [0.3, 0.4) is 0 Å². The zero-order valence-electron chi connectivity index (χ0n) is 12.6. The van der Waals surface area contributed by atoms with Gasteiger partial charge in [0.25, 0.3) is 0 Å². The lowest BCUT2D eigenvalue weighted by atomic mass is 9.90. The average Bonchev–Trinajstić information content (AvgIpc) is 2.46. The molecule has 0 fully saturated rings. The van der Waals surface area contributed by atoms with Gasteiger partial charge >= 0.3 is 5.97 Å². The Hall–Kier alpha value is -2.56. The second kappa shape index (κ2) is 6.47. The van der Waals surface area contributed by atoms with Crippen molar-refractivity contribution in [2.75, 3.05) is 0 Å². The zero-order valence-corrected chi connectivity index (χ0v) is 12.6. The Bertz CT molecular complexity index is 697. The molecule has 2 rings (SSSR count). The molecule has 0 radical (unpaired) electrons. The van der Waals surface area contributed by atoms with E-state index >= 15 is 0 Å². The summed E-state index contributed by atoms with van der Waals surface area (Å²) < 4.78 is 12.8. The Morgan fingerprint density at radius 2 is 1.82 bits per heavy atom. The summed E-state index contributed by atoms with van der Waals surface area (Å²) in [5.41, 5.74) is 1.87. The monoisotopic (exact) mass is 301 g/mol. The van der Waals surface area contributed by atoms with E-state index in [4.69, 9.17) is 4.84 Å². The predicted molar refractivity (Wildman–Crippen MR) is 80.9 cm³/mol. The number of ketones is 1. The maximum atomic E-state index is 12.8. The van der Waals surface area contributed by atoms with Crippen molar-refractivity contribution in [1.82, 2.24) is 0 Å². The maximum absolute atomic E-state index is 12.8. The summed E-state index contributed by atoms with van der Waals surface area (Å²) in [4.78, 5) is 28.5. The van der Waals surface area contributed by atoms with Crippen molar-refractivity contribution < 1.29 is 18.8 Å². The Morgan fingerprint density at radius 3 is 2.41 bits per heavy atom. The lowest BCUT2D eigenvalue weighted by molar-refractivity contribution is -0.111. The first kappa shape index (κ1) is 15.8. The summed E-state index contributed by atoms with van der Waals surface area (Å²) in [5, 5.41) is 3.81. The number of allylic oxidation sites excluding steroid dienone is 4. The minimum Gasteiger partial charge on any atom is -0.312 e. The van der Waals surface area contributed by atoms with Crippen LogP contribution in [0.2, 0.25) is 0 Å². The number of hydrogen-bond acceptors (Lipinski definition) is 4. The van der Waals surface area contributed by atoms with Gasteiger partial charge in [-0.05, 0) is 54.8 Å². The molecule has 0 bridgehead atoms. The van der Waals surface area contributed by atoms with Gasteiger partial charge in [-0.15, -0.1) is 0 Å². The number of oxime groups is 1. The van der Waals surface area contributed by atoms with E-state index in [0.29, 0.717) is 16.9 Å². The highest BCUT2D eigenvalue weighted by atomic mass is 19.1. The van der Waals surface area contributed by atoms with Crippen molar-refractivity contribution in [3.05, 3.63) is 58.9 Å². The van der Waals surface area contributed by atoms with Crippen molar-refractivity contribution in [1.29, 1.82) is 0 Å². The number of carbonyl (C=O) groups is 2. The topological polar surface area (TPSA) is 55.7 Å². The third-order valence-corrected chi connectivity index (χ3v) is 3.26. The van der Waals surface area contributed by atoms with Crippen molar-refractivity contribution in [2.24, 2.45) is 11.1 Å². The van der Waals surface area contributed by atoms with Gasteiger partial charge in [0.2, 0.25) is 0 Å². The summed E-state index contributed by atoms with van der Waals surface area (Å²) >= 11 is 0. The minimum absolute atomic E-state index is 0.0508. The lowest BCUT2D eigenvalue weighted by Crippen LogP contribution is -2.16. The van der Waals surface area contributed by atoms with Crippen LogP contribution in [0.1, 0.15) is 31.1 Å². The Labute approximate surface area is 128 Å². The normalized spacial score (nSPS) is 16.6. The van der Waals surface area contributed by atoms with Crippen molar-refractivity contribution in [2.45, 2.75) is 20.8 Å². The molecule has 0 N–H and O–H groups in total. The molecule has 5 heteroatoms. The lowest BCUT2D eigenvalue weighted by Gasteiger charge is -2.14. The molecule has 114 valence electrons. The second-order valence-electron chi connectivity index (χ2n) is 5.31. The van der Waals surface area contributed by atoms with Gasteiger partial charge in [-0.25, -0.2) is 9.18 Å². The van der Waals surface area contributed by atoms with Gasteiger partial charge in [0.05, 0.1) is 5.56 Å². The molecule has 1 aliphatic carbocycles. The number of benzene rings is 1. The van der Waals surface area contributed by atoms with E-state index in [1.807, 2.05) is 13.8 Å². The summed E-state index contributed by atoms with van der Waals surface area (Å²) in [6, 6.07) is 4.98. The molecule has 0 saturated heterocycles. The molecule has 0 amide bonds. The zero-order chi connectivity index (χ0) is 16.3. The largest absolute Gasteiger partial charge is 0.365 e. The van der Waals surface area contributed by atoms with E-state index in [2.05, 4.69) is 5.16 Å². The fourth-order valence-electron chi connectivity index (χ4n) is 1.97. The van der Waals surface area contributed by atoms with E-state index in [9.17, 15) is 14.0 Å². The van der Waals surface area contributed by atoms with Gasteiger partial charge in [-0.2, -0.15) is 0 Å². The fraction of sp³-hybridized carbons (Fsp3) is 0.235. The van der Waals surface area contributed by atoms with Crippen LogP contribution in [0.25, 0.3) is 0 Å². The third-order valence-electron chi connectivity index (χ3n) is 3.26. The summed E-state index contributed by atoms with van der Waals surface area (Å²) in [7, 11) is 0. The number of hydrogen-bond donors (Lipinski definition) is 0. The molecular formula is C17H16FNO3. The van der Waals surface area contributed by atoms with Gasteiger partial charge in [0.1, 0.15) is 11.5 Å². The molecule has 0 unspecified atom stereocenters. The van der Waals surface area contributed by atoms with Crippen LogP contribution in [-0.4, -0.2) is 17.5 Å². The summed E-state index contributed by atoms with van der Waals surface area (Å²) in [6.07, 6.45) is 3.10. The molecule has 0 spiro atoms. The predicted octanol–water partition coefficient (Wildman–Crippen LogP) is 3.45. The van der Waals surface area contributed by atoms with Crippen LogP contribution in [0.4, 0.5) is 4.39 Å². The van der Waals surface area contributed by atoms with E-state index in [-0.39, 0.29) is 17.3 Å². The molecule has 0 heterocycles. The first-order valence-corrected chi connectivity index (χ1v) is 6.88. The van der Waals surface area contributed by atoms with Gasteiger partial charge in [0.15, 0.2) is 5.78 Å². The smallest absolute Gasteiger partial charge is 0.312 e. The molecule has 4 nitrogen and oxygen atoms in total. The van der Waals surface area contributed by atoms with Crippen molar-refractivity contribution in [3.63, 3.8) is 0 Å². The first-order chi connectivity index (χ1) is 10.4. The van der Waals surface area contributed by atoms with Crippen LogP contribution < -0.4 is 0 Å².